The van der Waals surface area contributed by atoms with Crippen molar-refractivity contribution in [1.82, 2.24) is 5.32 Å². The molecule has 0 aliphatic carbocycles. The fourth-order valence-electron chi connectivity index (χ4n) is 6.22. The summed E-state index contributed by atoms with van der Waals surface area (Å²) in [5, 5.41) is 26.4. The summed E-state index contributed by atoms with van der Waals surface area (Å²) in [5.41, 5.74) is 1.25. The van der Waals surface area contributed by atoms with Crippen LogP contribution in [0.5, 0.6) is 40.2 Å². The van der Waals surface area contributed by atoms with Gasteiger partial charge in [-0.1, -0.05) is 18.2 Å². The van der Waals surface area contributed by atoms with Crippen LogP contribution >= 0.6 is 0 Å². The minimum Gasteiger partial charge on any atom is -0.507 e. The number of methoxy groups -OCH3 is 3. The average Bonchev–Trinajstić information content (AvgIpc) is 3.57. The van der Waals surface area contributed by atoms with Gasteiger partial charge in [-0.3, -0.25) is 9.59 Å². The number of ether oxygens (including phenoxy) is 6. The topological polar surface area (TPSA) is 159 Å². The third-order valence-corrected chi connectivity index (χ3v) is 8.81. The summed E-state index contributed by atoms with van der Waals surface area (Å²) in [4.78, 5) is 39.6. The van der Waals surface area contributed by atoms with Gasteiger partial charge in [-0.2, -0.15) is 0 Å². The van der Waals surface area contributed by atoms with Crippen LogP contribution in [0.3, 0.4) is 0 Å². The molecule has 3 aromatic carbocycles. The monoisotopic (exact) mass is 689 g/mol. The summed E-state index contributed by atoms with van der Waals surface area (Å²) in [6, 6.07) is 9.99. The molecule has 0 radical (unpaired) electrons. The molecule has 2 atom stereocenters. The standard InChI is InChI=1S/C38H43NO11/c1-22-9-8-12-26(40)11-7-5-6-10-24-16-28(41)35(36(43)34(24)38(44)50-22)27(25-17-31(45-2)37(47-4)32(18-25)46-3)19-33(42)39-20-23-13-14-29-30(15-23)49-21-48-29/h6,10,13-18,22,27,41,43H,5,7-9,11-12,19-21H2,1-4H3,(H,39,42)/b10-6+/t22-,27?/m0/s1. The summed E-state index contributed by atoms with van der Waals surface area (Å²) in [6.45, 7) is 2.02. The number of allylic oxidation sites excluding steroid dienone is 1. The Bertz CT molecular complexity index is 1740. The van der Waals surface area contributed by atoms with E-state index in [1.807, 2.05) is 6.07 Å². The number of rotatable bonds is 9. The molecule has 0 aromatic heterocycles. The van der Waals surface area contributed by atoms with E-state index in [0.29, 0.717) is 72.8 Å². The minimum atomic E-state index is -1.00. The first-order valence-electron chi connectivity index (χ1n) is 16.6. The average molecular weight is 690 g/mol. The molecule has 266 valence electrons. The van der Waals surface area contributed by atoms with Crippen molar-refractivity contribution in [3.63, 3.8) is 0 Å². The molecule has 3 N–H and O–H groups in total. The molecule has 2 heterocycles. The lowest BCUT2D eigenvalue weighted by atomic mass is 9.84. The first-order chi connectivity index (χ1) is 24.1. The predicted molar refractivity (Wildman–Crippen MR) is 183 cm³/mol. The first kappa shape index (κ1) is 35.9. The molecule has 50 heavy (non-hydrogen) atoms. The number of ketones is 1. The second-order valence-corrected chi connectivity index (χ2v) is 12.2. The lowest BCUT2D eigenvalue weighted by Crippen LogP contribution is -2.25. The number of amides is 1. The van der Waals surface area contributed by atoms with Crippen LogP contribution in [0.4, 0.5) is 0 Å². The summed E-state index contributed by atoms with van der Waals surface area (Å²) in [7, 11) is 4.37. The van der Waals surface area contributed by atoms with E-state index in [1.165, 1.54) is 27.4 Å². The van der Waals surface area contributed by atoms with E-state index in [9.17, 15) is 24.6 Å². The van der Waals surface area contributed by atoms with Crippen molar-refractivity contribution in [2.45, 2.75) is 70.4 Å². The van der Waals surface area contributed by atoms with Gasteiger partial charge in [0, 0.05) is 37.3 Å². The number of fused-ring (bicyclic) bond motifs is 2. The molecule has 12 nitrogen and oxygen atoms in total. The van der Waals surface area contributed by atoms with Crippen LogP contribution in [0.15, 0.2) is 42.5 Å². The van der Waals surface area contributed by atoms with E-state index in [4.69, 9.17) is 28.4 Å². The molecule has 2 aliphatic heterocycles. The molecule has 3 aromatic rings. The molecule has 0 bridgehead atoms. The van der Waals surface area contributed by atoms with Crippen LogP contribution in [0.25, 0.3) is 6.08 Å². The lowest BCUT2D eigenvalue weighted by Gasteiger charge is -2.24. The number of hydrogen-bond donors (Lipinski definition) is 3. The molecule has 1 amide bonds. The van der Waals surface area contributed by atoms with Crippen molar-refractivity contribution in [3.8, 4) is 40.2 Å². The normalized spacial score (nSPS) is 17.5. The molecule has 1 unspecified atom stereocenters. The number of Topliss-reactive ketones (excluding diaryl/α,β-unsaturated/α-hetero) is 1. The highest BCUT2D eigenvalue weighted by atomic mass is 16.7. The molecule has 0 saturated carbocycles. The highest BCUT2D eigenvalue weighted by Gasteiger charge is 2.32. The summed E-state index contributed by atoms with van der Waals surface area (Å²) in [5.74, 6) is -0.820. The number of carbonyl (C=O) groups excluding carboxylic acids is 3. The van der Waals surface area contributed by atoms with E-state index in [-0.39, 0.29) is 48.0 Å². The van der Waals surface area contributed by atoms with Crippen LogP contribution in [0, 0.1) is 0 Å². The second-order valence-electron chi connectivity index (χ2n) is 12.2. The van der Waals surface area contributed by atoms with Gasteiger partial charge in [-0.05, 0) is 79.6 Å². The van der Waals surface area contributed by atoms with Crippen LogP contribution < -0.4 is 29.0 Å². The van der Waals surface area contributed by atoms with Crippen molar-refractivity contribution in [2.24, 2.45) is 0 Å². The van der Waals surface area contributed by atoms with E-state index in [0.717, 1.165) is 5.56 Å². The maximum atomic E-state index is 13.7. The number of hydrogen-bond acceptors (Lipinski definition) is 11. The molecule has 5 rings (SSSR count). The number of cyclic esters (lactones) is 1. The molecular formula is C38H43NO11. The fourth-order valence-corrected chi connectivity index (χ4v) is 6.22. The van der Waals surface area contributed by atoms with Gasteiger partial charge in [-0.15, -0.1) is 0 Å². The Kier molecular flexibility index (Phi) is 11.7. The molecule has 2 aliphatic rings. The van der Waals surface area contributed by atoms with E-state index in [1.54, 1.807) is 43.3 Å². The van der Waals surface area contributed by atoms with Crippen molar-refractivity contribution in [2.75, 3.05) is 28.1 Å². The van der Waals surface area contributed by atoms with Crippen LogP contribution in [-0.2, 0) is 20.9 Å². The second kappa shape index (κ2) is 16.3. The van der Waals surface area contributed by atoms with Gasteiger partial charge in [-0.25, -0.2) is 4.79 Å². The maximum absolute atomic E-state index is 13.7. The quantitative estimate of drug-likeness (QED) is 0.221. The van der Waals surface area contributed by atoms with Gasteiger partial charge in [0.25, 0.3) is 0 Å². The van der Waals surface area contributed by atoms with Crippen LogP contribution in [0.2, 0.25) is 0 Å². The molecule has 0 fully saturated rings. The number of benzene rings is 3. The van der Waals surface area contributed by atoms with Crippen LogP contribution in [0.1, 0.15) is 90.4 Å². The van der Waals surface area contributed by atoms with Gasteiger partial charge < -0.3 is 44.0 Å². The Balaban J connectivity index is 1.57. The van der Waals surface area contributed by atoms with Crippen molar-refractivity contribution < 1.29 is 53.0 Å². The SMILES string of the molecule is COc1cc(C(CC(=O)NCc2ccc3c(c2)OCO3)c2c(O)cc3c(c2O)C(=O)O[C@@H](C)CCCC(=O)CCC/C=C/3)cc(OC)c1OC. The highest BCUT2D eigenvalue weighted by Crippen LogP contribution is 2.48. The van der Waals surface area contributed by atoms with E-state index >= 15 is 0 Å². The van der Waals surface area contributed by atoms with Crippen molar-refractivity contribution in [1.29, 1.82) is 0 Å². The van der Waals surface area contributed by atoms with Crippen molar-refractivity contribution >= 4 is 23.7 Å². The number of nitrogens with one attached hydrogen (secondary N) is 1. The molecule has 0 spiro atoms. The zero-order valence-electron chi connectivity index (χ0n) is 28.7. The number of esters is 1. The zero-order chi connectivity index (χ0) is 35.8. The molecular weight excluding hydrogens is 646 g/mol. The summed E-state index contributed by atoms with van der Waals surface area (Å²) >= 11 is 0. The van der Waals surface area contributed by atoms with Gasteiger partial charge in [0.05, 0.1) is 27.4 Å². The minimum absolute atomic E-state index is 0.0547. The Morgan fingerprint density at radius 1 is 0.960 bits per heavy atom. The number of phenolic OH excluding ortho intramolecular Hbond substituents is 2. The van der Waals surface area contributed by atoms with Crippen LogP contribution in [-0.4, -0.2) is 62.1 Å². The number of aromatic hydroxyl groups is 2. The van der Waals surface area contributed by atoms with Gasteiger partial charge in [0.15, 0.2) is 23.0 Å². The van der Waals surface area contributed by atoms with E-state index in [2.05, 4.69) is 5.32 Å². The Labute approximate surface area is 290 Å². The van der Waals surface area contributed by atoms with Gasteiger partial charge >= 0.3 is 5.97 Å². The van der Waals surface area contributed by atoms with Crippen molar-refractivity contribution in [3.05, 3.63) is 70.3 Å². The van der Waals surface area contributed by atoms with E-state index < -0.39 is 29.6 Å². The van der Waals surface area contributed by atoms with Gasteiger partial charge in [0.1, 0.15) is 22.8 Å². The number of phenols is 2. The summed E-state index contributed by atoms with van der Waals surface area (Å²) in [6.07, 6.45) is 5.66. The third kappa shape index (κ3) is 8.24. The summed E-state index contributed by atoms with van der Waals surface area (Å²) < 4.78 is 33.2. The predicted octanol–water partition coefficient (Wildman–Crippen LogP) is 6.17. The third-order valence-electron chi connectivity index (χ3n) is 8.81. The van der Waals surface area contributed by atoms with Gasteiger partial charge in [0.2, 0.25) is 18.4 Å². The molecule has 0 saturated heterocycles. The lowest BCUT2D eigenvalue weighted by molar-refractivity contribution is -0.121. The first-order valence-corrected chi connectivity index (χ1v) is 16.6. The zero-order valence-corrected chi connectivity index (χ0v) is 28.7. The fraction of sp³-hybridized carbons (Fsp3) is 0.395. The highest BCUT2D eigenvalue weighted by molar-refractivity contribution is 5.98. The molecule has 12 heteroatoms. The Hall–Kier alpha value is -5.39. The number of carbonyl (C=O) groups is 3. The largest absolute Gasteiger partial charge is 0.507 e. The maximum Gasteiger partial charge on any atom is 0.342 e. The smallest absolute Gasteiger partial charge is 0.342 e. The Morgan fingerprint density at radius 2 is 1.68 bits per heavy atom. The Morgan fingerprint density at radius 3 is 2.40 bits per heavy atom.